The molecule has 1 aromatic carbocycles. The van der Waals surface area contributed by atoms with Crippen molar-refractivity contribution in [2.24, 2.45) is 0 Å². The SMILES string of the molecule is IC1CCc2ccccc2C1I. The molecule has 0 aromatic heterocycles. The Morgan fingerprint density at radius 3 is 2.75 bits per heavy atom. The monoisotopic (exact) mass is 384 g/mol. The van der Waals surface area contributed by atoms with Gasteiger partial charge in [-0.15, -0.1) is 0 Å². The fourth-order valence-electron chi connectivity index (χ4n) is 1.67. The largest absolute Gasteiger partial charge is 0.0811 e. The van der Waals surface area contributed by atoms with E-state index in [4.69, 9.17) is 0 Å². The van der Waals surface area contributed by atoms with Crippen LogP contribution in [0.3, 0.4) is 0 Å². The van der Waals surface area contributed by atoms with Crippen molar-refractivity contribution in [3.05, 3.63) is 35.4 Å². The Labute approximate surface area is 100 Å². The standard InChI is InChI=1S/C10H10I2/c11-9-6-5-7-3-1-2-4-8(7)10(9)12/h1-4,9-10H,5-6H2. The van der Waals surface area contributed by atoms with Crippen molar-refractivity contribution in [3.63, 3.8) is 0 Å². The number of hydrogen-bond acceptors (Lipinski definition) is 0. The smallest absolute Gasteiger partial charge is 0.0479 e. The maximum absolute atomic E-state index is 2.57. The van der Waals surface area contributed by atoms with E-state index in [2.05, 4.69) is 69.4 Å². The van der Waals surface area contributed by atoms with Crippen molar-refractivity contribution < 1.29 is 0 Å². The number of fused-ring (bicyclic) bond motifs is 1. The van der Waals surface area contributed by atoms with E-state index < -0.39 is 0 Å². The van der Waals surface area contributed by atoms with Gasteiger partial charge in [0.1, 0.15) is 0 Å². The molecule has 0 spiro atoms. The second-order valence-corrected chi connectivity index (χ2v) is 6.10. The minimum atomic E-state index is 0.716. The van der Waals surface area contributed by atoms with Crippen molar-refractivity contribution in [3.8, 4) is 0 Å². The zero-order valence-electron chi connectivity index (χ0n) is 6.63. The number of alkyl halides is 2. The van der Waals surface area contributed by atoms with Crippen LogP contribution in [0.1, 0.15) is 21.5 Å². The summed E-state index contributed by atoms with van der Waals surface area (Å²) in [7, 11) is 0. The van der Waals surface area contributed by atoms with Crippen LogP contribution >= 0.6 is 45.2 Å². The van der Waals surface area contributed by atoms with Crippen LogP contribution in [0.2, 0.25) is 0 Å². The molecule has 0 radical (unpaired) electrons. The molecule has 0 bridgehead atoms. The molecule has 0 saturated carbocycles. The lowest BCUT2D eigenvalue weighted by Gasteiger charge is -2.25. The third-order valence-electron chi connectivity index (χ3n) is 2.36. The minimum absolute atomic E-state index is 0.716. The molecule has 0 saturated heterocycles. The first-order valence-electron chi connectivity index (χ1n) is 4.15. The molecule has 0 heterocycles. The molecular formula is C10H10I2. The van der Waals surface area contributed by atoms with Crippen LogP contribution in [0, 0.1) is 0 Å². The second-order valence-electron chi connectivity index (χ2n) is 3.16. The topological polar surface area (TPSA) is 0 Å². The molecule has 0 fully saturated rings. The van der Waals surface area contributed by atoms with Crippen LogP contribution < -0.4 is 0 Å². The van der Waals surface area contributed by atoms with Crippen LogP contribution in [0.25, 0.3) is 0 Å². The summed E-state index contributed by atoms with van der Waals surface area (Å²) in [6, 6.07) is 8.84. The third kappa shape index (κ3) is 1.64. The molecule has 1 aromatic rings. The molecule has 64 valence electrons. The van der Waals surface area contributed by atoms with E-state index in [1.54, 1.807) is 11.1 Å². The zero-order chi connectivity index (χ0) is 8.55. The average molecular weight is 384 g/mol. The minimum Gasteiger partial charge on any atom is -0.0811 e. The molecule has 2 rings (SSSR count). The Balaban J connectivity index is 2.42. The molecule has 0 nitrogen and oxygen atoms in total. The molecular weight excluding hydrogens is 374 g/mol. The highest BCUT2D eigenvalue weighted by atomic mass is 127. The number of halogens is 2. The predicted octanol–water partition coefficient (Wildman–Crippen LogP) is 3.91. The lowest BCUT2D eigenvalue weighted by molar-refractivity contribution is 0.726. The third-order valence-corrected chi connectivity index (χ3v) is 6.62. The molecule has 0 N–H and O–H groups in total. The summed E-state index contributed by atoms with van der Waals surface area (Å²) in [6.45, 7) is 0. The van der Waals surface area contributed by atoms with E-state index in [1.807, 2.05) is 0 Å². The molecule has 1 aliphatic carbocycles. The van der Waals surface area contributed by atoms with Gasteiger partial charge in [-0.2, -0.15) is 0 Å². The number of hydrogen-bond donors (Lipinski definition) is 0. The van der Waals surface area contributed by atoms with Crippen LogP contribution in [-0.4, -0.2) is 3.92 Å². The van der Waals surface area contributed by atoms with Gasteiger partial charge in [0.05, 0.1) is 0 Å². The maximum Gasteiger partial charge on any atom is 0.0479 e. The van der Waals surface area contributed by atoms with Gasteiger partial charge in [-0.05, 0) is 24.0 Å². The summed E-state index contributed by atoms with van der Waals surface area (Å²) in [4.78, 5) is 0. The molecule has 2 unspecified atom stereocenters. The normalized spacial score (nSPS) is 28.2. The summed E-state index contributed by atoms with van der Waals surface area (Å²) < 4.78 is 1.53. The molecule has 2 atom stereocenters. The van der Waals surface area contributed by atoms with Crippen molar-refractivity contribution >= 4 is 45.2 Å². The van der Waals surface area contributed by atoms with Gasteiger partial charge in [-0.3, -0.25) is 0 Å². The van der Waals surface area contributed by atoms with E-state index in [1.165, 1.54) is 12.8 Å². The van der Waals surface area contributed by atoms with E-state index in [9.17, 15) is 0 Å². The van der Waals surface area contributed by atoms with E-state index in [0.717, 1.165) is 3.92 Å². The van der Waals surface area contributed by atoms with Crippen molar-refractivity contribution in [1.82, 2.24) is 0 Å². The Morgan fingerprint density at radius 1 is 1.17 bits per heavy atom. The molecule has 0 aliphatic heterocycles. The lowest BCUT2D eigenvalue weighted by atomic mass is 9.92. The van der Waals surface area contributed by atoms with Crippen LogP contribution in [0.15, 0.2) is 24.3 Å². The second kappa shape index (κ2) is 3.82. The van der Waals surface area contributed by atoms with Crippen molar-refractivity contribution in [2.75, 3.05) is 0 Å². The fraction of sp³-hybridized carbons (Fsp3) is 0.400. The quantitative estimate of drug-likeness (QED) is 0.470. The Bertz CT molecular complexity index is 283. The van der Waals surface area contributed by atoms with E-state index >= 15 is 0 Å². The van der Waals surface area contributed by atoms with Crippen LogP contribution in [0.5, 0.6) is 0 Å². The summed E-state index contributed by atoms with van der Waals surface area (Å²) >= 11 is 5.14. The molecule has 12 heavy (non-hydrogen) atoms. The van der Waals surface area contributed by atoms with Gasteiger partial charge in [0.25, 0.3) is 0 Å². The first-order chi connectivity index (χ1) is 5.79. The zero-order valence-corrected chi connectivity index (χ0v) is 10.9. The summed E-state index contributed by atoms with van der Waals surface area (Å²) in [5.74, 6) is 0. The highest BCUT2D eigenvalue weighted by Gasteiger charge is 2.24. The molecule has 2 heteroatoms. The van der Waals surface area contributed by atoms with Crippen LogP contribution in [-0.2, 0) is 6.42 Å². The molecule has 1 aliphatic rings. The van der Waals surface area contributed by atoms with Gasteiger partial charge in [-0.25, -0.2) is 0 Å². The first kappa shape index (κ1) is 9.24. The fourth-order valence-corrected chi connectivity index (χ4v) is 3.33. The van der Waals surface area contributed by atoms with Gasteiger partial charge in [0.2, 0.25) is 0 Å². The molecule has 0 amide bonds. The van der Waals surface area contributed by atoms with Gasteiger partial charge in [-0.1, -0.05) is 69.4 Å². The van der Waals surface area contributed by atoms with Crippen molar-refractivity contribution in [2.45, 2.75) is 20.7 Å². The predicted molar refractivity (Wildman–Crippen MR) is 69.3 cm³/mol. The summed E-state index contributed by atoms with van der Waals surface area (Å²) in [5.41, 5.74) is 3.12. The van der Waals surface area contributed by atoms with Crippen LogP contribution in [0.4, 0.5) is 0 Å². The summed E-state index contributed by atoms with van der Waals surface area (Å²) in [5, 5.41) is 0. The number of aryl methyl sites for hydroxylation is 1. The number of benzene rings is 1. The Kier molecular flexibility index (Phi) is 2.94. The average Bonchev–Trinajstić information content (AvgIpc) is 2.12. The summed E-state index contributed by atoms with van der Waals surface area (Å²) in [6.07, 6.45) is 2.61. The van der Waals surface area contributed by atoms with Gasteiger partial charge < -0.3 is 0 Å². The highest BCUT2D eigenvalue weighted by Crippen LogP contribution is 2.40. The van der Waals surface area contributed by atoms with Gasteiger partial charge in [0.15, 0.2) is 0 Å². The lowest BCUT2D eigenvalue weighted by Crippen LogP contribution is -2.15. The highest BCUT2D eigenvalue weighted by molar-refractivity contribution is 14.1. The maximum atomic E-state index is 2.57. The number of rotatable bonds is 0. The van der Waals surface area contributed by atoms with Gasteiger partial charge >= 0.3 is 0 Å². The Morgan fingerprint density at radius 2 is 1.92 bits per heavy atom. The van der Waals surface area contributed by atoms with E-state index in [0.29, 0.717) is 3.92 Å². The van der Waals surface area contributed by atoms with Gasteiger partial charge in [0, 0.05) is 7.85 Å². The first-order valence-corrected chi connectivity index (χ1v) is 6.64. The van der Waals surface area contributed by atoms with E-state index in [-0.39, 0.29) is 0 Å². The van der Waals surface area contributed by atoms with Crippen molar-refractivity contribution in [1.29, 1.82) is 0 Å². The Hall–Kier alpha value is 0.680.